The van der Waals surface area contributed by atoms with Gasteiger partial charge in [0.1, 0.15) is 4.88 Å². The fourth-order valence-corrected chi connectivity index (χ4v) is 4.25. The van der Waals surface area contributed by atoms with Gasteiger partial charge in [0, 0.05) is 21.3 Å². The quantitative estimate of drug-likeness (QED) is 0.480. The molecular weight excluding hydrogens is 454 g/mol. The van der Waals surface area contributed by atoms with Crippen LogP contribution in [0, 0.1) is 6.92 Å². The van der Waals surface area contributed by atoms with Gasteiger partial charge in [-0.2, -0.15) is 0 Å². The number of thiophene rings is 1. The molecule has 140 valence electrons. The molecule has 0 atom stereocenters. The van der Waals surface area contributed by atoms with Gasteiger partial charge >= 0.3 is 5.97 Å². The number of nitrogens with zero attached hydrogens (tertiary/aromatic N) is 1. The highest BCUT2D eigenvalue weighted by molar-refractivity contribution is 7.21. The van der Waals surface area contributed by atoms with Gasteiger partial charge < -0.3 is 10.1 Å². The van der Waals surface area contributed by atoms with Crippen LogP contribution in [0.4, 0.5) is 5.82 Å². The molecule has 0 unspecified atom stereocenters. The van der Waals surface area contributed by atoms with Crippen LogP contribution in [0.5, 0.6) is 0 Å². The maximum Gasteiger partial charge on any atom is 0.350 e. The smallest absolute Gasteiger partial charge is 0.350 e. The van der Waals surface area contributed by atoms with Crippen LogP contribution in [-0.2, 0) is 9.53 Å². The van der Waals surface area contributed by atoms with Gasteiger partial charge in [-0.05, 0) is 24.6 Å². The van der Waals surface area contributed by atoms with Crippen molar-refractivity contribution in [3.05, 3.63) is 54.9 Å². The first-order valence-corrected chi connectivity index (χ1v) is 9.76. The van der Waals surface area contributed by atoms with Gasteiger partial charge in [-0.25, -0.2) is 9.78 Å². The van der Waals surface area contributed by atoms with E-state index in [9.17, 15) is 9.59 Å². The molecule has 10 heteroatoms. The minimum atomic E-state index is -0.709. The van der Waals surface area contributed by atoms with Gasteiger partial charge in [-0.15, -0.1) is 11.3 Å². The van der Waals surface area contributed by atoms with Crippen molar-refractivity contribution in [3.63, 3.8) is 0 Å². The normalized spacial score (nSPS) is 10.9. The average Bonchev–Trinajstić information content (AvgIpc) is 2.96. The molecule has 0 aliphatic rings. The Hall–Kier alpha value is -1.57. The Kier molecular flexibility index (Phi) is 6.13. The number of amides is 1. The number of rotatable bonds is 4. The molecule has 3 rings (SSSR count). The maximum absolute atomic E-state index is 12.3. The molecule has 0 bridgehead atoms. The van der Waals surface area contributed by atoms with E-state index >= 15 is 0 Å². The molecule has 0 fully saturated rings. The lowest BCUT2D eigenvalue weighted by Gasteiger charge is -2.09. The predicted molar refractivity (Wildman–Crippen MR) is 110 cm³/mol. The molecule has 5 nitrogen and oxygen atoms in total. The molecule has 0 aliphatic heterocycles. The van der Waals surface area contributed by atoms with Crippen molar-refractivity contribution < 1.29 is 14.3 Å². The van der Waals surface area contributed by atoms with E-state index in [2.05, 4.69) is 10.3 Å². The largest absolute Gasteiger partial charge is 0.451 e. The van der Waals surface area contributed by atoms with Crippen molar-refractivity contribution in [2.24, 2.45) is 0 Å². The summed E-state index contributed by atoms with van der Waals surface area (Å²) in [6.07, 6.45) is 1.37. The number of carbonyl (C=O) groups excluding carboxylic acids is 2. The first-order valence-electron chi connectivity index (χ1n) is 7.43. The standard InChI is InChI=1S/C17H10Cl4N2O3S/c1-7-10(19)5-22-16(13(7)20)23-12(24)6-26-17(25)15-14(21)9-3-2-8(18)4-11(9)27-15/h2-5H,6H2,1H3,(H,22,23,24). The van der Waals surface area contributed by atoms with E-state index in [1.54, 1.807) is 25.1 Å². The summed E-state index contributed by atoms with van der Waals surface area (Å²) in [6, 6.07) is 5.10. The van der Waals surface area contributed by atoms with Gasteiger partial charge in [0.25, 0.3) is 5.91 Å². The molecule has 0 saturated heterocycles. The summed E-state index contributed by atoms with van der Waals surface area (Å²) in [5, 5.41) is 4.54. The topological polar surface area (TPSA) is 68.3 Å². The van der Waals surface area contributed by atoms with E-state index in [-0.39, 0.29) is 20.7 Å². The van der Waals surface area contributed by atoms with E-state index in [4.69, 9.17) is 51.1 Å². The summed E-state index contributed by atoms with van der Waals surface area (Å²) in [5.74, 6) is -1.17. The van der Waals surface area contributed by atoms with E-state index in [1.807, 2.05) is 0 Å². The summed E-state index contributed by atoms with van der Waals surface area (Å²) in [6.45, 7) is 1.17. The van der Waals surface area contributed by atoms with Crippen molar-refractivity contribution in [1.29, 1.82) is 0 Å². The van der Waals surface area contributed by atoms with Crippen LogP contribution < -0.4 is 5.32 Å². The van der Waals surface area contributed by atoms with Crippen LogP contribution >= 0.6 is 57.7 Å². The highest BCUT2D eigenvalue weighted by atomic mass is 35.5. The number of pyridine rings is 1. The number of fused-ring (bicyclic) bond motifs is 1. The number of esters is 1. The first kappa shape index (κ1) is 20.2. The number of carbonyl (C=O) groups is 2. The Bertz CT molecular complexity index is 1070. The zero-order valence-corrected chi connectivity index (χ0v) is 17.4. The van der Waals surface area contributed by atoms with E-state index < -0.39 is 18.5 Å². The maximum atomic E-state index is 12.3. The van der Waals surface area contributed by atoms with E-state index in [1.165, 1.54) is 6.20 Å². The zero-order valence-electron chi connectivity index (χ0n) is 13.6. The number of halogens is 4. The Balaban J connectivity index is 1.68. The average molecular weight is 464 g/mol. The van der Waals surface area contributed by atoms with Crippen LogP contribution in [0.15, 0.2) is 24.4 Å². The molecular formula is C17H10Cl4N2O3S. The van der Waals surface area contributed by atoms with Gasteiger partial charge in [-0.3, -0.25) is 4.79 Å². The second kappa shape index (κ2) is 8.20. The molecule has 2 heterocycles. The predicted octanol–water partition coefficient (Wildman–Crippen LogP) is 6.01. The van der Waals surface area contributed by atoms with Crippen LogP contribution in [0.3, 0.4) is 0 Å². The number of ether oxygens (including phenoxy) is 1. The number of anilines is 1. The number of hydrogen-bond donors (Lipinski definition) is 1. The summed E-state index contributed by atoms with van der Waals surface area (Å²) < 4.78 is 5.79. The Morgan fingerprint density at radius 1 is 1.19 bits per heavy atom. The zero-order chi connectivity index (χ0) is 19.7. The molecule has 0 radical (unpaired) electrons. The third kappa shape index (κ3) is 4.31. The summed E-state index contributed by atoms with van der Waals surface area (Å²) in [5.41, 5.74) is 0.580. The molecule has 2 aromatic heterocycles. The van der Waals surface area contributed by atoms with Gasteiger partial charge in [0.05, 0.1) is 15.1 Å². The van der Waals surface area contributed by atoms with Gasteiger partial charge in [-0.1, -0.05) is 52.5 Å². The molecule has 27 heavy (non-hydrogen) atoms. The molecule has 1 aromatic carbocycles. The third-order valence-corrected chi connectivity index (χ3v) is 6.29. The van der Waals surface area contributed by atoms with Crippen LogP contribution in [0.1, 0.15) is 15.2 Å². The monoisotopic (exact) mass is 462 g/mol. The molecule has 3 aromatic rings. The Morgan fingerprint density at radius 2 is 1.93 bits per heavy atom. The van der Waals surface area contributed by atoms with Crippen molar-refractivity contribution in [1.82, 2.24) is 4.98 Å². The van der Waals surface area contributed by atoms with E-state index in [0.29, 0.717) is 21.0 Å². The van der Waals surface area contributed by atoms with Crippen molar-refractivity contribution in [2.75, 3.05) is 11.9 Å². The summed E-state index contributed by atoms with van der Waals surface area (Å²) in [7, 11) is 0. The fraction of sp³-hybridized carbons (Fsp3) is 0.118. The minimum Gasteiger partial charge on any atom is -0.451 e. The molecule has 0 aliphatic carbocycles. The highest BCUT2D eigenvalue weighted by Gasteiger charge is 2.20. The lowest BCUT2D eigenvalue weighted by Crippen LogP contribution is -2.21. The Labute approximate surface area is 178 Å². The lowest BCUT2D eigenvalue weighted by molar-refractivity contribution is -0.119. The fourth-order valence-electron chi connectivity index (χ4n) is 2.18. The second-order valence-electron chi connectivity index (χ2n) is 5.40. The van der Waals surface area contributed by atoms with Crippen LogP contribution in [0.2, 0.25) is 20.1 Å². The number of benzene rings is 1. The molecule has 0 spiro atoms. The molecule has 1 N–H and O–H groups in total. The third-order valence-electron chi connectivity index (χ3n) is 3.57. The van der Waals surface area contributed by atoms with Gasteiger partial charge in [0.2, 0.25) is 0 Å². The van der Waals surface area contributed by atoms with Crippen molar-refractivity contribution in [3.8, 4) is 0 Å². The van der Waals surface area contributed by atoms with Crippen LogP contribution in [-0.4, -0.2) is 23.5 Å². The van der Waals surface area contributed by atoms with Crippen molar-refractivity contribution >= 4 is 85.5 Å². The number of aromatic nitrogens is 1. The van der Waals surface area contributed by atoms with Crippen molar-refractivity contribution in [2.45, 2.75) is 6.92 Å². The molecule has 1 amide bonds. The minimum absolute atomic E-state index is 0.133. The number of nitrogens with one attached hydrogen (secondary N) is 1. The van der Waals surface area contributed by atoms with E-state index in [0.717, 1.165) is 16.0 Å². The second-order valence-corrected chi connectivity index (χ2v) is 8.06. The summed E-state index contributed by atoms with van der Waals surface area (Å²) in [4.78, 5) is 28.4. The van der Waals surface area contributed by atoms with Gasteiger partial charge in [0.15, 0.2) is 12.4 Å². The SMILES string of the molecule is Cc1c(Cl)cnc(NC(=O)COC(=O)c2sc3cc(Cl)ccc3c2Cl)c1Cl. The molecule has 0 saturated carbocycles. The first-order chi connectivity index (χ1) is 12.8. The number of hydrogen-bond acceptors (Lipinski definition) is 5. The summed E-state index contributed by atoms with van der Waals surface area (Å²) >= 11 is 25.3. The highest BCUT2D eigenvalue weighted by Crippen LogP contribution is 2.37. The lowest BCUT2D eigenvalue weighted by atomic mass is 10.2. The Morgan fingerprint density at radius 3 is 2.67 bits per heavy atom. The van der Waals surface area contributed by atoms with Crippen LogP contribution in [0.25, 0.3) is 10.1 Å².